The lowest BCUT2D eigenvalue weighted by molar-refractivity contribution is -0.124. The van der Waals surface area contributed by atoms with Gasteiger partial charge in [0.05, 0.1) is 0 Å². The Kier molecular flexibility index (Phi) is 4.46. The van der Waals surface area contributed by atoms with Gasteiger partial charge in [-0.1, -0.05) is 34.1 Å². The van der Waals surface area contributed by atoms with Crippen molar-refractivity contribution >= 4 is 34.1 Å². The molecule has 2 atom stereocenters. The second-order valence-electron chi connectivity index (χ2n) is 5.02. The molecule has 98 valence electrons. The van der Waals surface area contributed by atoms with Crippen molar-refractivity contribution in [1.29, 1.82) is 0 Å². The smallest absolute Gasteiger partial charge is 0.136 e. The third-order valence-corrected chi connectivity index (χ3v) is 4.69. The van der Waals surface area contributed by atoms with Gasteiger partial charge in [0.15, 0.2) is 0 Å². The average molecular weight is 331 g/mol. The predicted molar refractivity (Wildman–Crippen MR) is 78.1 cm³/mol. The maximum Gasteiger partial charge on any atom is 0.136 e. The molecule has 2 nitrogen and oxygen atoms in total. The van der Waals surface area contributed by atoms with E-state index in [9.17, 15) is 4.79 Å². The number of halogens is 2. The monoisotopic (exact) mass is 329 g/mol. The van der Waals surface area contributed by atoms with Gasteiger partial charge in [-0.2, -0.15) is 0 Å². The molecule has 1 aromatic carbocycles. The van der Waals surface area contributed by atoms with Gasteiger partial charge in [0.1, 0.15) is 5.78 Å². The summed E-state index contributed by atoms with van der Waals surface area (Å²) >= 11 is 3.61. The Morgan fingerprint density at radius 3 is 2.78 bits per heavy atom. The van der Waals surface area contributed by atoms with E-state index >= 15 is 0 Å². The van der Waals surface area contributed by atoms with E-state index in [0.29, 0.717) is 24.3 Å². The van der Waals surface area contributed by atoms with Crippen molar-refractivity contribution in [2.24, 2.45) is 0 Å². The van der Waals surface area contributed by atoms with Gasteiger partial charge in [-0.05, 0) is 31.0 Å². The number of piperidine rings is 1. The van der Waals surface area contributed by atoms with Crippen LogP contribution in [0.3, 0.4) is 0 Å². The highest BCUT2D eigenvalue weighted by Crippen LogP contribution is 2.40. The van der Waals surface area contributed by atoms with Gasteiger partial charge >= 0.3 is 0 Å². The number of nitrogens with zero attached hydrogens (tertiary/aromatic N) is 1. The summed E-state index contributed by atoms with van der Waals surface area (Å²) < 4.78 is 1.13. The Hall–Kier alpha value is -0.380. The molecule has 2 saturated heterocycles. The highest BCUT2D eigenvalue weighted by molar-refractivity contribution is 9.10. The Labute approximate surface area is 122 Å². The number of ketones is 1. The van der Waals surface area contributed by atoms with Crippen LogP contribution in [0.4, 0.5) is 0 Å². The van der Waals surface area contributed by atoms with Crippen molar-refractivity contribution in [1.82, 2.24) is 4.90 Å². The van der Waals surface area contributed by atoms with Gasteiger partial charge < -0.3 is 0 Å². The maximum absolute atomic E-state index is 11.9. The minimum atomic E-state index is 0. The standard InChI is InChI=1S/C14H16BrNO.ClH/c15-13-6-2-1-5-12(13)14-9-11(17)8-10-4-3-7-16(10)14;/h1-2,5-6,10,14H,3-4,7-9H2;1H. The van der Waals surface area contributed by atoms with Crippen molar-refractivity contribution in [2.45, 2.75) is 37.8 Å². The second kappa shape index (κ2) is 5.72. The van der Waals surface area contributed by atoms with Crippen molar-refractivity contribution in [3.05, 3.63) is 34.3 Å². The first-order chi connectivity index (χ1) is 8.25. The van der Waals surface area contributed by atoms with Crippen LogP contribution >= 0.6 is 28.3 Å². The summed E-state index contributed by atoms with van der Waals surface area (Å²) in [6, 6.07) is 9.08. The minimum absolute atomic E-state index is 0. The van der Waals surface area contributed by atoms with Gasteiger partial charge in [-0.3, -0.25) is 9.69 Å². The van der Waals surface area contributed by atoms with Crippen molar-refractivity contribution in [3.8, 4) is 0 Å². The number of rotatable bonds is 1. The predicted octanol–water partition coefficient (Wildman–Crippen LogP) is 3.74. The Morgan fingerprint density at radius 2 is 2.00 bits per heavy atom. The summed E-state index contributed by atoms with van der Waals surface area (Å²) in [5.74, 6) is 0.425. The molecule has 0 amide bonds. The van der Waals surface area contributed by atoms with E-state index in [1.165, 1.54) is 18.4 Å². The number of benzene rings is 1. The lowest BCUT2D eigenvalue weighted by Gasteiger charge is -2.37. The average Bonchev–Trinajstić information content (AvgIpc) is 2.76. The quantitative estimate of drug-likeness (QED) is 0.782. The third kappa shape index (κ3) is 2.49. The molecule has 0 spiro atoms. The van der Waals surface area contributed by atoms with Crippen LogP contribution in [0.2, 0.25) is 0 Å². The SMILES string of the molecule is Cl.O=C1CC2CCCN2C(c2ccccc2Br)C1. The molecule has 0 saturated carbocycles. The molecular weight excluding hydrogens is 314 g/mol. The van der Waals surface area contributed by atoms with Crippen LogP contribution in [-0.2, 0) is 4.79 Å². The highest BCUT2D eigenvalue weighted by atomic mass is 79.9. The summed E-state index contributed by atoms with van der Waals surface area (Å²) in [5, 5.41) is 0. The van der Waals surface area contributed by atoms with Crippen molar-refractivity contribution in [3.63, 3.8) is 0 Å². The molecule has 0 aliphatic carbocycles. The number of hydrogen-bond donors (Lipinski definition) is 0. The van der Waals surface area contributed by atoms with Crippen molar-refractivity contribution < 1.29 is 4.79 Å². The Morgan fingerprint density at radius 1 is 1.22 bits per heavy atom. The molecule has 2 heterocycles. The molecule has 4 heteroatoms. The zero-order valence-corrected chi connectivity index (χ0v) is 12.5. The van der Waals surface area contributed by atoms with Crippen LogP contribution in [0.1, 0.15) is 37.3 Å². The van der Waals surface area contributed by atoms with E-state index in [0.717, 1.165) is 17.4 Å². The Bertz CT molecular complexity index is 451. The van der Waals surface area contributed by atoms with Gasteiger partial charge in [0.2, 0.25) is 0 Å². The third-order valence-electron chi connectivity index (χ3n) is 3.97. The first-order valence-corrected chi connectivity index (χ1v) is 7.07. The molecule has 0 radical (unpaired) electrons. The fraction of sp³-hybridized carbons (Fsp3) is 0.500. The molecule has 0 bridgehead atoms. The molecule has 2 aliphatic heterocycles. The summed E-state index contributed by atoms with van der Waals surface area (Å²) in [5.41, 5.74) is 1.27. The van der Waals surface area contributed by atoms with Crippen LogP contribution in [0, 0.1) is 0 Å². The summed E-state index contributed by atoms with van der Waals surface area (Å²) in [6.45, 7) is 1.14. The Balaban J connectivity index is 0.00000120. The molecule has 0 aromatic heterocycles. The molecule has 0 N–H and O–H groups in total. The lowest BCUT2D eigenvalue weighted by atomic mass is 9.91. The van der Waals surface area contributed by atoms with Gasteiger partial charge in [0.25, 0.3) is 0 Å². The van der Waals surface area contributed by atoms with Gasteiger partial charge in [0, 0.05) is 29.4 Å². The van der Waals surface area contributed by atoms with E-state index in [2.05, 4.69) is 39.0 Å². The number of carbonyl (C=O) groups excluding carboxylic acids is 1. The first-order valence-electron chi connectivity index (χ1n) is 6.27. The van der Waals surface area contributed by atoms with Crippen LogP contribution in [0.25, 0.3) is 0 Å². The second-order valence-corrected chi connectivity index (χ2v) is 5.87. The molecule has 2 unspecified atom stereocenters. The zero-order valence-electron chi connectivity index (χ0n) is 10.1. The normalized spacial score (nSPS) is 27.7. The molecular formula is C14H17BrClNO. The van der Waals surface area contributed by atoms with Crippen LogP contribution in [0.15, 0.2) is 28.7 Å². The van der Waals surface area contributed by atoms with E-state index in [1.807, 2.05) is 6.07 Å². The summed E-state index contributed by atoms with van der Waals surface area (Å²) in [6.07, 6.45) is 3.87. The summed E-state index contributed by atoms with van der Waals surface area (Å²) in [7, 11) is 0. The largest absolute Gasteiger partial charge is 0.300 e. The number of hydrogen-bond acceptors (Lipinski definition) is 2. The number of carbonyl (C=O) groups is 1. The molecule has 2 fully saturated rings. The lowest BCUT2D eigenvalue weighted by Crippen LogP contribution is -2.40. The van der Waals surface area contributed by atoms with Gasteiger partial charge in [-0.15, -0.1) is 12.4 Å². The maximum atomic E-state index is 11.9. The summed E-state index contributed by atoms with van der Waals surface area (Å²) in [4.78, 5) is 14.4. The van der Waals surface area contributed by atoms with E-state index in [4.69, 9.17) is 0 Å². The van der Waals surface area contributed by atoms with E-state index in [1.54, 1.807) is 0 Å². The number of fused-ring (bicyclic) bond motifs is 1. The fourth-order valence-corrected chi connectivity index (χ4v) is 3.75. The first kappa shape index (κ1) is 14.0. The van der Waals surface area contributed by atoms with Gasteiger partial charge in [-0.25, -0.2) is 0 Å². The molecule has 2 aliphatic rings. The molecule has 18 heavy (non-hydrogen) atoms. The van der Waals surface area contributed by atoms with Crippen molar-refractivity contribution in [2.75, 3.05) is 6.54 Å². The van der Waals surface area contributed by atoms with Crippen LogP contribution in [0.5, 0.6) is 0 Å². The molecule has 3 rings (SSSR count). The van der Waals surface area contributed by atoms with Crippen LogP contribution < -0.4 is 0 Å². The minimum Gasteiger partial charge on any atom is -0.300 e. The fourth-order valence-electron chi connectivity index (χ4n) is 3.20. The number of Topliss-reactive ketones (excluding diaryl/α,β-unsaturated/α-hetero) is 1. The zero-order chi connectivity index (χ0) is 11.8. The van der Waals surface area contributed by atoms with E-state index < -0.39 is 0 Å². The van der Waals surface area contributed by atoms with Crippen LogP contribution in [-0.4, -0.2) is 23.3 Å². The topological polar surface area (TPSA) is 20.3 Å². The van der Waals surface area contributed by atoms with E-state index in [-0.39, 0.29) is 12.4 Å². The highest BCUT2D eigenvalue weighted by Gasteiger charge is 2.38. The molecule has 1 aromatic rings.